The van der Waals surface area contributed by atoms with Gasteiger partial charge in [-0.25, -0.2) is 4.57 Å². The summed E-state index contributed by atoms with van der Waals surface area (Å²) in [6.45, 7) is 4.39. The number of phosphoric acid groups is 1. The second kappa shape index (κ2) is 52.0. The van der Waals surface area contributed by atoms with Crippen molar-refractivity contribution in [3.63, 3.8) is 0 Å². The molecule has 3 unspecified atom stereocenters. The molecule has 0 aliphatic carbocycles. The Bertz CT molecular complexity index is 1500. The minimum absolute atomic E-state index is 0.100. The highest BCUT2D eigenvalue weighted by molar-refractivity contribution is 7.47. The zero-order chi connectivity index (χ0) is 51.3. The fourth-order valence-electron chi connectivity index (χ4n) is 7.14. The zero-order valence-corrected chi connectivity index (χ0v) is 45.1. The monoisotopic (exact) mass is 1000 g/mol. The van der Waals surface area contributed by atoms with Crippen LogP contribution in [0.15, 0.2) is 85.1 Å². The van der Waals surface area contributed by atoms with E-state index in [2.05, 4.69) is 93.7 Å². The average Bonchev–Trinajstić information content (AvgIpc) is 3.35. The molecule has 0 amide bonds. The van der Waals surface area contributed by atoms with Gasteiger partial charge in [0.25, 0.3) is 0 Å². The van der Waals surface area contributed by atoms with Crippen LogP contribution in [0.1, 0.15) is 226 Å². The lowest BCUT2D eigenvalue weighted by molar-refractivity contribution is -0.161. The molecule has 0 bridgehead atoms. The first kappa shape index (κ1) is 66.7. The Labute approximate surface area is 426 Å². The zero-order valence-electron chi connectivity index (χ0n) is 44.2. The topological polar surface area (TPSA) is 155 Å². The van der Waals surface area contributed by atoms with E-state index in [9.17, 15) is 28.9 Å². The van der Waals surface area contributed by atoms with Crippen molar-refractivity contribution < 1.29 is 52.2 Å². The summed E-state index contributed by atoms with van der Waals surface area (Å²) in [6, 6.07) is 0. The second-order valence-corrected chi connectivity index (χ2v) is 19.5. The lowest BCUT2D eigenvalue weighted by Crippen LogP contribution is -2.30. The highest BCUT2D eigenvalue weighted by atomic mass is 31.2. The summed E-state index contributed by atoms with van der Waals surface area (Å²) in [6.07, 6.45) is 58.5. The molecule has 0 radical (unpaired) electrons. The van der Waals surface area contributed by atoms with E-state index >= 15 is 0 Å². The molecule has 0 rings (SSSR count). The molecule has 0 aromatic rings. The summed E-state index contributed by atoms with van der Waals surface area (Å²) in [5.41, 5.74) is 0. The lowest BCUT2D eigenvalue weighted by Gasteiger charge is -2.21. The first-order chi connectivity index (χ1) is 34.2. The van der Waals surface area contributed by atoms with Gasteiger partial charge in [0.05, 0.1) is 19.8 Å². The van der Waals surface area contributed by atoms with E-state index in [0.717, 1.165) is 96.3 Å². The van der Waals surface area contributed by atoms with Crippen LogP contribution in [0.2, 0.25) is 0 Å². The van der Waals surface area contributed by atoms with Crippen LogP contribution in [-0.2, 0) is 42.2 Å². The van der Waals surface area contributed by atoms with E-state index in [1.807, 2.05) is 12.2 Å². The summed E-state index contributed by atoms with van der Waals surface area (Å²) < 4.78 is 39.3. The Morgan fingerprint density at radius 2 is 0.771 bits per heavy atom. The molecule has 0 spiro atoms. The highest BCUT2D eigenvalue weighted by Crippen LogP contribution is 2.43. The quantitative estimate of drug-likeness (QED) is 0.0197. The van der Waals surface area contributed by atoms with Gasteiger partial charge in [-0.2, -0.15) is 0 Å². The van der Waals surface area contributed by atoms with Crippen molar-refractivity contribution in [2.45, 2.75) is 238 Å². The molecular weight excluding hydrogens is 904 g/mol. The van der Waals surface area contributed by atoms with Gasteiger partial charge in [-0.15, -0.1) is 0 Å². The number of unbranched alkanes of at least 4 members (excludes halogenated alkanes) is 19. The molecule has 402 valence electrons. The minimum Gasteiger partial charge on any atom is -0.462 e. The number of ether oxygens (including phenoxy) is 3. The molecule has 12 heteroatoms. The molecule has 70 heavy (non-hydrogen) atoms. The Kier molecular flexibility index (Phi) is 49.5. The van der Waals surface area contributed by atoms with Crippen molar-refractivity contribution >= 4 is 25.7 Å². The number of rotatable bonds is 50. The molecule has 3 atom stereocenters. The fraction of sp³-hybridized carbons (Fsp3) is 0.707. The van der Waals surface area contributed by atoms with E-state index in [0.29, 0.717) is 19.3 Å². The van der Waals surface area contributed by atoms with Crippen LogP contribution in [0.3, 0.4) is 0 Å². The molecule has 11 nitrogen and oxygen atoms in total. The smallest absolute Gasteiger partial charge is 0.462 e. The summed E-state index contributed by atoms with van der Waals surface area (Å²) in [7, 11) is -4.76. The molecule has 0 saturated carbocycles. The third-order valence-corrected chi connectivity index (χ3v) is 12.3. The first-order valence-corrected chi connectivity index (χ1v) is 29.0. The van der Waals surface area contributed by atoms with Crippen LogP contribution in [0, 0.1) is 0 Å². The maximum absolute atomic E-state index is 12.9. The van der Waals surface area contributed by atoms with Crippen LogP contribution in [-0.4, -0.2) is 66.5 Å². The number of allylic oxidation sites excluding steroid dienone is 14. The predicted molar refractivity (Wildman–Crippen MR) is 288 cm³/mol. The molecule has 0 aliphatic rings. The van der Waals surface area contributed by atoms with Gasteiger partial charge >= 0.3 is 25.7 Å². The third kappa shape index (κ3) is 49.6. The van der Waals surface area contributed by atoms with E-state index in [-0.39, 0.29) is 25.9 Å². The average molecular weight is 1000 g/mol. The van der Waals surface area contributed by atoms with Crippen molar-refractivity contribution in [1.29, 1.82) is 0 Å². The maximum atomic E-state index is 12.9. The highest BCUT2D eigenvalue weighted by Gasteiger charge is 2.28. The van der Waals surface area contributed by atoms with E-state index in [4.69, 9.17) is 23.3 Å². The van der Waals surface area contributed by atoms with Crippen molar-refractivity contribution in [3.05, 3.63) is 85.1 Å². The van der Waals surface area contributed by atoms with Crippen molar-refractivity contribution in [2.24, 2.45) is 0 Å². The van der Waals surface area contributed by atoms with E-state index < -0.39 is 57.8 Å². The van der Waals surface area contributed by atoms with Gasteiger partial charge in [-0.3, -0.25) is 23.4 Å². The number of hydrogen-bond donors (Lipinski definition) is 2. The van der Waals surface area contributed by atoms with Gasteiger partial charge in [0.2, 0.25) is 0 Å². The molecule has 0 saturated heterocycles. The summed E-state index contributed by atoms with van der Waals surface area (Å²) in [4.78, 5) is 48.3. The predicted octanol–water partition coefficient (Wildman–Crippen LogP) is 15.9. The van der Waals surface area contributed by atoms with Crippen LogP contribution < -0.4 is 0 Å². The van der Waals surface area contributed by atoms with Crippen LogP contribution in [0.5, 0.6) is 0 Å². The lowest BCUT2D eigenvalue weighted by atomic mass is 10.1. The largest absolute Gasteiger partial charge is 0.472 e. The normalized spacial score (nSPS) is 14.1. The Balaban J connectivity index is 4.82. The van der Waals surface area contributed by atoms with Crippen LogP contribution >= 0.6 is 7.82 Å². The maximum Gasteiger partial charge on any atom is 0.472 e. The van der Waals surface area contributed by atoms with Crippen molar-refractivity contribution in [1.82, 2.24) is 0 Å². The van der Waals surface area contributed by atoms with Gasteiger partial charge in [-0.1, -0.05) is 209 Å². The number of aliphatic hydroxyl groups is 1. The van der Waals surface area contributed by atoms with E-state index in [1.54, 1.807) is 0 Å². The number of aliphatic hydroxyl groups excluding tert-OH is 1. The second-order valence-electron chi connectivity index (χ2n) is 18.0. The van der Waals surface area contributed by atoms with Gasteiger partial charge in [-0.05, 0) is 83.5 Å². The Hall–Kier alpha value is -3.34. The molecule has 2 N–H and O–H groups in total. The number of carbonyl (C=O) groups excluding carboxylic acids is 3. The first-order valence-electron chi connectivity index (χ1n) is 27.5. The van der Waals surface area contributed by atoms with Gasteiger partial charge < -0.3 is 24.2 Å². The minimum atomic E-state index is -4.76. The molecular formula is C58H99O11P. The fourth-order valence-corrected chi connectivity index (χ4v) is 7.92. The Morgan fingerprint density at radius 1 is 0.414 bits per heavy atom. The summed E-state index contributed by atoms with van der Waals surface area (Å²) in [5, 5.41) is 9.78. The summed E-state index contributed by atoms with van der Waals surface area (Å²) in [5.74, 6) is -1.58. The van der Waals surface area contributed by atoms with E-state index in [1.165, 1.54) is 70.6 Å². The molecule has 0 fully saturated rings. The molecule has 0 aromatic heterocycles. The number of carbonyl (C=O) groups is 3. The number of hydrogen-bond acceptors (Lipinski definition) is 10. The van der Waals surface area contributed by atoms with Gasteiger partial charge in [0, 0.05) is 19.3 Å². The van der Waals surface area contributed by atoms with Crippen LogP contribution in [0.4, 0.5) is 0 Å². The van der Waals surface area contributed by atoms with Gasteiger partial charge in [0.15, 0.2) is 6.10 Å². The van der Waals surface area contributed by atoms with Crippen LogP contribution in [0.25, 0.3) is 0 Å². The molecule has 0 heterocycles. The SMILES string of the molecule is CC/C=C\C/C=C\C/C=C\C/C=C\CCC(=O)OCC(COP(=O)(O)OCC(CO)OC(=O)CCCCCCCCCCCCC)OC(=O)CCCCCCCC/C=C\C/C=C\C/C=C\CCCCC. The van der Waals surface area contributed by atoms with Crippen molar-refractivity contribution in [3.8, 4) is 0 Å². The molecule has 0 aliphatic heterocycles. The number of phosphoric ester groups is 1. The third-order valence-electron chi connectivity index (χ3n) is 11.3. The number of esters is 3. The molecule has 0 aromatic carbocycles. The Morgan fingerprint density at radius 3 is 1.23 bits per heavy atom. The summed E-state index contributed by atoms with van der Waals surface area (Å²) >= 11 is 0. The van der Waals surface area contributed by atoms with Gasteiger partial charge in [0.1, 0.15) is 12.7 Å². The standard InChI is InChI=1S/C58H99O11P/c1-4-7-10-13-16-19-22-24-25-26-27-28-29-31-34-37-40-43-46-49-58(62)69-55(51-65-56(60)47-44-41-38-35-33-30-23-20-17-14-11-8-5-2)53-67-70(63,64)66-52-54(50-59)68-57(61)48-45-42-39-36-32-21-18-15-12-9-6-3/h8,11,16-17,19-20,24-25,27-28,30,33,38,41,54-55,59H,4-7,9-10,12-15,18,21-23,26,29,31-32,34-37,39-40,42-53H2,1-3H3,(H,63,64)/b11-8-,19-16-,20-17-,25-24-,28-27-,33-30-,41-38-. The van der Waals surface area contributed by atoms with Crippen molar-refractivity contribution in [2.75, 3.05) is 26.4 Å².